The Kier molecular flexibility index (Phi) is 10.9. The summed E-state index contributed by atoms with van der Waals surface area (Å²) in [5.41, 5.74) is 0.964. The molecular weight excluding hydrogens is 507 g/mol. The first-order valence-corrected chi connectivity index (χ1v) is 12.0. The number of aliphatic imine (C=N–C) groups is 1. The molecule has 0 aromatic carbocycles. The number of ether oxygens (including phenoxy) is 1. The number of halogens is 1. The molecule has 0 amide bonds. The van der Waals surface area contributed by atoms with Gasteiger partial charge < -0.3 is 19.9 Å². The molecule has 0 bridgehead atoms. The zero-order chi connectivity index (χ0) is 20.6. The summed E-state index contributed by atoms with van der Waals surface area (Å²) in [5.74, 6) is 1.66. The van der Waals surface area contributed by atoms with Gasteiger partial charge in [0.15, 0.2) is 21.6 Å². The van der Waals surface area contributed by atoms with E-state index in [0.717, 1.165) is 18.5 Å². The number of hydrogen-bond donors (Lipinski definition) is 2. The summed E-state index contributed by atoms with van der Waals surface area (Å²) in [6.07, 6.45) is 4.32. The molecule has 1 aromatic rings. The third kappa shape index (κ3) is 7.09. The number of nitrogens with zero attached hydrogens (tertiary/aromatic N) is 2. The summed E-state index contributed by atoms with van der Waals surface area (Å²) in [7, 11) is -3.23. The molecule has 2 rings (SSSR count). The SMILES string of the molecule is CCNC(=NCc1cc(C(CC)CC)no1)NCC1(S(C)(=O)=O)CCOCC1.I. The normalized spacial score (nSPS) is 17.1. The fourth-order valence-electron chi connectivity index (χ4n) is 3.47. The van der Waals surface area contributed by atoms with Crippen LogP contribution >= 0.6 is 24.0 Å². The van der Waals surface area contributed by atoms with Gasteiger partial charge in [-0.25, -0.2) is 13.4 Å². The molecule has 0 aliphatic carbocycles. The molecule has 29 heavy (non-hydrogen) atoms. The maximum absolute atomic E-state index is 12.4. The molecule has 0 atom stereocenters. The number of rotatable bonds is 9. The molecule has 2 N–H and O–H groups in total. The lowest BCUT2D eigenvalue weighted by Crippen LogP contribution is -2.53. The molecule has 1 aromatic heterocycles. The van der Waals surface area contributed by atoms with Crippen LogP contribution in [-0.2, 0) is 21.1 Å². The van der Waals surface area contributed by atoms with Crippen molar-refractivity contribution in [1.82, 2.24) is 15.8 Å². The first-order chi connectivity index (χ1) is 13.3. The zero-order valence-corrected chi connectivity index (χ0v) is 21.0. The summed E-state index contributed by atoms with van der Waals surface area (Å²) in [4.78, 5) is 4.54. The monoisotopic (exact) mass is 542 g/mol. The highest BCUT2D eigenvalue weighted by molar-refractivity contribution is 14.0. The topological polar surface area (TPSA) is 106 Å². The summed E-state index contributed by atoms with van der Waals surface area (Å²) in [6.45, 7) is 8.49. The molecule has 0 saturated carbocycles. The van der Waals surface area contributed by atoms with Gasteiger partial charge in [0.1, 0.15) is 6.54 Å². The third-order valence-electron chi connectivity index (χ3n) is 5.49. The molecular formula is C19H35IN4O4S. The molecule has 0 unspecified atom stereocenters. The van der Waals surface area contributed by atoms with Crippen LogP contribution in [0.5, 0.6) is 0 Å². The summed E-state index contributed by atoms with van der Waals surface area (Å²) in [6, 6.07) is 1.96. The zero-order valence-electron chi connectivity index (χ0n) is 17.9. The van der Waals surface area contributed by atoms with E-state index in [9.17, 15) is 8.42 Å². The van der Waals surface area contributed by atoms with E-state index in [-0.39, 0.29) is 24.0 Å². The van der Waals surface area contributed by atoms with Crippen LogP contribution in [0.2, 0.25) is 0 Å². The lowest BCUT2D eigenvalue weighted by atomic mass is 9.99. The van der Waals surface area contributed by atoms with Crippen LogP contribution in [0.25, 0.3) is 0 Å². The van der Waals surface area contributed by atoms with Crippen molar-refractivity contribution in [3.05, 3.63) is 17.5 Å². The second-order valence-electron chi connectivity index (χ2n) is 7.35. The second-order valence-corrected chi connectivity index (χ2v) is 9.76. The third-order valence-corrected chi connectivity index (χ3v) is 7.61. The van der Waals surface area contributed by atoms with Gasteiger partial charge in [0.25, 0.3) is 0 Å². The number of hydrogen-bond acceptors (Lipinski definition) is 6. The fraction of sp³-hybridized carbons (Fsp3) is 0.789. The molecule has 10 heteroatoms. The Morgan fingerprint density at radius 1 is 1.24 bits per heavy atom. The van der Waals surface area contributed by atoms with Crippen molar-refractivity contribution >= 4 is 39.8 Å². The van der Waals surface area contributed by atoms with Gasteiger partial charge in [-0.3, -0.25) is 0 Å². The number of guanidine groups is 1. The van der Waals surface area contributed by atoms with E-state index in [2.05, 4.69) is 34.6 Å². The average molecular weight is 542 g/mol. The molecule has 1 saturated heterocycles. The van der Waals surface area contributed by atoms with E-state index in [1.165, 1.54) is 6.26 Å². The van der Waals surface area contributed by atoms with E-state index in [1.807, 2.05) is 13.0 Å². The van der Waals surface area contributed by atoms with Gasteiger partial charge in [0.2, 0.25) is 0 Å². The predicted molar refractivity (Wildman–Crippen MR) is 126 cm³/mol. The van der Waals surface area contributed by atoms with Gasteiger partial charge in [-0.1, -0.05) is 19.0 Å². The fourth-order valence-corrected chi connectivity index (χ4v) is 4.71. The van der Waals surface area contributed by atoms with Gasteiger partial charge in [-0.2, -0.15) is 0 Å². The summed E-state index contributed by atoms with van der Waals surface area (Å²) in [5, 5.41) is 10.5. The van der Waals surface area contributed by atoms with E-state index in [0.29, 0.717) is 63.3 Å². The lowest BCUT2D eigenvalue weighted by molar-refractivity contribution is 0.0756. The minimum atomic E-state index is -3.23. The maximum Gasteiger partial charge on any atom is 0.191 e. The molecule has 1 fully saturated rings. The van der Waals surface area contributed by atoms with Crippen LogP contribution in [-0.4, -0.2) is 56.8 Å². The summed E-state index contributed by atoms with van der Waals surface area (Å²) >= 11 is 0. The van der Waals surface area contributed by atoms with Gasteiger partial charge in [0, 0.05) is 44.5 Å². The lowest BCUT2D eigenvalue weighted by Gasteiger charge is -2.35. The van der Waals surface area contributed by atoms with Crippen LogP contribution in [0.3, 0.4) is 0 Å². The molecule has 0 radical (unpaired) electrons. The molecule has 1 aliphatic rings. The summed E-state index contributed by atoms with van der Waals surface area (Å²) < 4.78 is 34.8. The van der Waals surface area contributed by atoms with Crippen LogP contribution in [0, 0.1) is 0 Å². The Bertz CT molecular complexity index is 741. The Morgan fingerprint density at radius 2 is 1.90 bits per heavy atom. The highest BCUT2D eigenvalue weighted by Crippen LogP contribution is 2.28. The Balaban J connectivity index is 0.00000420. The van der Waals surface area contributed by atoms with Crippen molar-refractivity contribution in [2.24, 2.45) is 4.99 Å². The maximum atomic E-state index is 12.4. The smallest absolute Gasteiger partial charge is 0.191 e. The van der Waals surface area contributed by atoms with Crippen molar-refractivity contribution in [2.75, 3.05) is 32.6 Å². The Morgan fingerprint density at radius 3 is 2.45 bits per heavy atom. The van der Waals surface area contributed by atoms with Crippen LogP contribution in [0.4, 0.5) is 0 Å². The number of sulfone groups is 1. The largest absolute Gasteiger partial charge is 0.381 e. The van der Waals surface area contributed by atoms with E-state index in [1.54, 1.807) is 0 Å². The van der Waals surface area contributed by atoms with Crippen LogP contribution in [0.1, 0.15) is 63.8 Å². The first-order valence-electron chi connectivity index (χ1n) is 10.1. The average Bonchev–Trinajstić information content (AvgIpc) is 3.14. The first kappa shape index (κ1) is 26.2. The van der Waals surface area contributed by atoms with Gasteiger partial charge in [-0.05, 0) is 32.6 Å². The van der Waals surface area contributed by atoms with Gasteiger partial charge >= 0.3 is 0 Å². The molecule has 0 spiro atoms. The Labute approximate surface area is 191 Å². The van der Waals surface area contributed by atoms with Crippen molar-refractivity contribution in [3.8, 4) is 0 Å². The number of nitrogens with one attached hydrogen (secondary N) is 2. The van der Waals surface area contributed by atoms with Crippen molar-refractivity contribution < 1.29 is 17.7 Å². The van der Waals surface area contributed by atoms with Gasteiger partial charge in [-0.15, -0.1) is 24.0 Å². The second kappa shape index (κ2) is 12.1. The molecule has 8 nitrogen and oxygen atoms in total. The highest BCUT2D eigenvalue weighted by Gasteiger charge is 2.42. The van der Waals surface area contributed by atoms with E-state index >= 15 is 0 Å². The number of aromatic nitrogens is 1. The van der Waals surface area contributed by atoms with Crippen molar-refractivity contribution in [1.29, 1.82) is 0 Å². The Hall–Kier alpha value is -0.880. The quantitative estimate of drug-likeness (QED) is 0.281. The van der Waals surface area contributed by atoms with Crippen LogP contribution < -0.4 is 10.6 Å². The molecule has 2 heterocycles. The van der Waals surface area contributed by atoms with Gasteiger partial charge in [0.05, 0.1) is 10.4 Å². The predicted octanol–water partition coefficient (Wildman–Crippen LogP) is 2.85. The van der Waals surface area contributed by atoms with E-state index in [4.69, 9.17) is 9.26 Å². The molecule has 168 valence electrons. The van der Waals surface area contributed by atoms with Crippen molar-refractivity contribution in [3.63, 3.8) is 0 Å². The molecule has 1 aliphatic heterocycles. The minimum Gasteiger partial charge on any atom is -0.381 e. The minimum absolute atomic E-state index is 0. The van der Waals surface area contributed by atoms with E-state index < -0.39 is 14.6 Å². The van der Waals surface area contributed by atoms with Crippen LogP contribution in [0.15, 0.2) is 15.6 Å². The standard InChI is InChI=1S/C19H34N4O4S.HI/c1-5-15(6-2)17-12-16(27-23-17)13-21-18(20-7-3)22-14-19(28(4,24)25)8-10-26-11-9-19;/h12,15H,5-11,13-14H2,1-4H3,(H2,20,21,22);1H. The van der Waals surface area contributed by atoms with Crippen molar-refractivity contribution in [2.45, 2.75) is 63.7 Å². The highest BCUT2D eigenvalue weighted by atomic mass is 127.